The molecule has 0 spiro atoms. The first kappa shape index (κ1) is 13.5. The van der Waals surface area contributed by atoms with Crippen molar-refractivity contribution in [2.24, 2.45) is 13.0 Å². The Bertz CT molecular complexity index is 737. The zero-order chi connectivity index (χ0) is 15.0. The molecule has 1 saturated carbocycles. The Morgan fingerprint density at radius 2 is 2.05 bits per heavy atom. The summed E-state index contributed by atoms with van der Waals surface area (Å²) in [4.78, 5) is 28.3. The molecule has 21 heavy (non-hydrogen) atoms. The summed E-state index contributed by atoms with van der Waals surface area (Å²) in [6.45, 7) is 1.82. The van der Waals surface area contributed by atoms with Crippen molar-refractivity contribution in [1.29, 1.82) is 0 Å². The molecule has 1 amide bonds. The van der Waals surface area contributed by atoms with Crippen molar-refractivity contribution in [3.63, 3.8) is 0 Å². The number of carbonyl (C=O) groups excluding carboxylic acids is 1. The van der Waals surface area contributed by atoms with Crippen molar-refractivity contribution in [3.8, 4) is 0 Å². The number of nitrogens with one attached hydrogen (secondary N) is 1. The lowest BCUT2D eigenvalue weighted by atomic mass is 10.1. The highest BCUT2D eigenvalue weighted by Gasteiger charge is 2.44. The van der Waals surface area contributed by atoms with Crippen molar-refractivity contribution in [3.05, 3.63) is 58.3 Å². The summed E-state index contributed by atoms with van der Waals surface area (Å²) in [5.41, 5.74) is 2.12. The van der Waals surface area contributed by atoms with Crippen LogP contribution in [0.3, 0.4) is 0 Å². The smallest absolute Gasteiger partial charge is 0.274 e. The summed E-state index contributed by atoms with van der Waals surface area (Å²) in [6.07, 6.45) is 5.99. The van der Waals surface area contributed by atoms with Crippen LogP contribution in [0.25, 0.3) is 0 Å². The normalized spacial score (nSPS) is 20.1. The molecule has 2 heterocycles. The van der Waals surface area contributed by atoms with Gasteiger partial charge in [0.2, 0.25) is 5.91 Å². The number of aromatic nitrogens is 2. The summed E-state index contributed by atoms with van der Waals surface area (Å²) in [6, 6.07) is 5.69. The number of aryl methyl sites for hydroxylation is 2. The van der Waals surface area contributed by atoms with Crippen LogP contribution in [0.1, 0.15) is 23.5 Å². The molecule has 0 bridgehead atoms. The number of pyridine rings is 2. The molecule has 2 aromatic heterocycles. The lowest BCUT2D eigenvalue weighted by molar-refractivity contribution is -0.117. The predicted octanol–water partition coefficient (Wildman–Crippen LogP) is 1.83. The van der Waals surface area contributed by atoms with Crippen LogP contribution < -0.4 is 10.9 Å². The van der Waals surface area contributed by atoms with Gasteiger partial charge in [-0.15, -0.1) is 0 Å². The maximum absolute atomic E-state index is 12.3. The predicted molar refractivity (Wildman–Crippen MR) is 80.1 cm³/mol. The summed E-state index contributed by atoms with van der Waals surface area (Å²) in [5.74, 6) is 0.0980. The number of hydrogen-bond acceptors (Lipinski definition) is 3. The summed E-state index contributed by atoms with van der Waals surface area (Å²) < 4.78 is 1.47. The van der Waals surface area contributed by atoms with E-state index in [9.17, 15) is 9.59 Å². The van der Waals surface area contributed by atoms with Crippen LogP contribution in [0.2, 0.25) is 0 Å². The van der Waals surface area contributed by atoms with Gasteiger partial charge in [0.05, 0.1) is 0 Å². The Balaban J connectivity index is 1.75. The SMILES string of the molecule is Cc1ccn(C)c(=O)c1NC(=O)[C@@H]1C[C@H]1c1ccncc1. The first-order valence-electron chi connectivity index (χ1n) is 6.95. The lowest BCUT2D eigenvalue weighted by Gasteiger charge is -2.09. The number of carbonyl (C=O) groups is 1. The highest BCUT2D eigenvalue weighted by atomic mass is 16.2. The summed E-state index contributed by atoms with van der Waals surface area (Å²) in [7, 11) is 1.67. The van der Waals surface area contributed by atoms with Crippen LogP contribution in [-0.2, 0) is 11.8 Å². The molecule has 0 aromatic carbocycles. The molecule has 0 radical (unpaired) electrons. The monoisotopic (exact) mass is 283 g/mol. The van der Waals surface area contributed by atoms with Crippen molar-refractivity contribution in [2.45, 2.75) is 19.3 Å². The van der Waals surface area contributed by atoms with E-state index in [1.54, 1.807) is 25.6 Å². The van der Waals surface area contributed by atoms with Crippen molar-refractivity contribution < 1.29 is 4.79 Å². The zero-order valence-electron chi connectivity index (χ0n) is 12.0. The van der Waals surface area contributed by atoms with Gasteiger partial charge in [0, 0.05) is 31.6 Å². The first-order chi connectivity index (χ1) is 10.1. The minimum atomic E-state index is -0.176. The summed E-state index contributed by atoms with van der Waals surface area (Å²) in [5, 5.41) is 2.79. The third-order valence-electron chi connectivity index (χ3n) is 3.99. The Labute approximate surface area is 122 Å². The van der Waals surface area contributed by atoms with E-state index in [-0.39, 0.29) is 23.3 Å². The molecule has 3 rings (SSSR count). The van der Waals surface area contributed by atoms with E-state index in [1.807, 2.05) is 25.1 Å². The minimum absolute atomic E-state index is 0.0586. The van der Waals surface area contributed by atoms with Crippen molar-refractivity contribution in [2.75, 3.05) is 5.32 Å². The molecule has 1 aliphatic rings. The second-order valence-electron chi connectivity index (χ2n) is 5.51. The highest BCUT2D eigenvalue weighted by molar-refractivity contribution is 5.95. The Hall–Kier alpha value is -2.43. The van der Waals surface area contributed by atoms with E-state index in [2.05, 4.69) is 10.3 Å². The molecule has 5 nitrogen and oxygen atoms in total. The standard InChI is InChI=1S/C16H17N3O2/c1-10-5-8-19(2)16(21)14(10)18-15(20)13-9-12(13)11-3-6-17-7-4-11/h3-8,12-13H,9H2,1-2H3,(H,18,20)/t12-,13+/m0/s1. The second-order valence-corrected chi connectivity index (χ2v) is 5.51. The highest BCUT2D eigenvalue weighted by Crippen LogP contribution is 2.47. The molecule has 1 aliphatic carbocycles. The van der Waals surface area contributed by atoms with Gasteiger partial charge in [-0.2, -0.15) is 0 Å². The maximum atomic E-state index is 12.3. The van der Waals surface area contributed by atoms with Gasteiger partial charge in [-0.3, -0.25) is 14.6 Å². The van der Waals surface area contributed by atoms with Crippen molar-refractivity contribution >= 4 is 11.6 Å². The maximum Gasteiger partial charge on any atom is 0.274 e. The van der Waals surface area contributed by atoms with Crippen LogP contribution in [0, 0.1) is 12.8 Å². The van der Waals surface area contributed by atoms with E-state index >= 15 is 0 Å². The fourth-order valence-electron chi connectivity index (χ4n) is 2.55. The molecular formula is C16H17N3O2. The second kappa shape index (κ2) is 5.16. The molecule has 0 aliphatic heterocycles. The average Bonchev–Trinajstić information content (AvgIpc) is 3.29. The van der Waals surface area contributed by atoms with Gasteiger partial charge in [0.1, 0.15) is 5.69 Å². The topological polar surface area (TPSA) is 64.0 Å². The van der Waals surface area contributed by atoms with E-state index in [4.69, 9.17) is 0 Å². The van der Waals surface area contributed by atoms with Crippen molar-refractivity contribution in [1.82, 2.24) is 9.55 Å². The van der Waals surface area contributed by atoms with E-state index in [0.29, 0.717) is 5.69 Å². The van der Waals surface area contributed by atoms with Gasteiger partial charge >= 0.3 is 0 Å². The van der Waals surface area contributed by atoms with Crippen LogP contribution in [-0.4, -0.2) is 15.5 Å². The fourth-order valence-corrected chi connectivity index (χ4v) is 2.55. The molecule has 1 fully saturated rings. The molecule has 2 aromatic rings. The number of amides is 1. The number of nitrogens with zero attached hydrogens (tertiary/aromatic N) is 2. The largest absolute Gasteiger partial charge is 0.321 e. The first-order valence-corrected chi connectivity index (χ1v) is 6.95. The number of anilines is 1. The van der Waals surface area contributed by atoms with Gasteiger partial charge in [-0.05, 0) is 48.6 Å². The Morgan fingerprint density at radius 1 is 1.33 bits per heavy atom. The molecule has 0 saturated heterocycles. The van der Waals surface area contributed by atoms with Crippen LogP contribution >= 0.6 is 0 Å². The summed E-state index contributed by atoms with van der Waals surface area (Å²) >= 11 is 0. The molecule has 0 unspecified atom stereocenters. The van der Waals surface area contributed by atoms with Gasteiger partial charge < -0.3 is 9.88 Å². The fraction of sp³-hybridized carbons (Fsp3) is 0.312. The lowest BCUT2D eigenvalue weighted by Crippen LogP contribution is -2.26. The average molecular weight is 283 g/mol. The van der Waals surface area contributed by atoms with E-state index in [0.717, 1.165) is 17.5 Å². The third-order valence-corrected chi connectivity index (χ3v) is 3.99. The van der Waals surface area contributed by atoms with Gasteiger partial charge in [-0.25, -0.2) is 0 Å². The third kappa shape index (κ3) is 2.59. The van der Waals surface area contributed by atoms with Gasteiger partial charge in [-0.1, -0.05) is 0 Å². The minimum Gasteiger partial charge on any atom is -0.321 e. The quantitative estimate of drug-likeness (QED) is 0.934. The molecular weight excluding hydrogens is 266 g/mol. The van der Waals surface area contributed by atoms with E-state index in [1.165, 1.54) is 4.57 Å². The molecule has 5 heteroatoms. The molecule has 2 atom stereocenters. The van der Waals surface area contributed by atoms with Gasteiger partial charge in [0.25, 0.3) is 5.56 Å². The van der Waals surface area contributed by atoms with Gasteiger partial charge in [0.15, 0.2) is 0 Å². The van der Waals surface area contributed by atoms with E-state index < -0.39 is 0 Å². The Kier molecular flexibility index (Phi) is 3.33. The zero-order valence-corrected chi connectivity index (χ0v) is 12.0. The number of rotatable bonds is 3. The number of hydrogen-bond donors (Lipinski definition) is 1. The molecule has 108 valence electrons. The van der Waals surface area contributed by atoms with Crippen LogP contribution in [0.5, 0.6) is 0 Å². The van der Waals surface area contributed by atoms with Crippen LogP contribution in [0.4, 0.5) is 5.69 Å². The Morgan fingerprint density at radius 3 is 2.76 bits per heavy atom. The van der Waals surface area contributed by atoms with Crippen LogP contribution in [0.15, 0.2) is 41.6 Å². The molecule has 1 N–H and O–H groups in total.